The van der Waals surface area contributed by atoms with Gasteiger partial charge in [-0.25, -0.2) is 4.79 Å². The zero-order chi connectivity index (χ0) is 12.3. The minimum atomic E-state index is -0.960. The number of hydrogen-bond donors (Lipinski definition) is 2. The molecular formula is C12H17NO4. The Morgan fingerprint density at radius 3 is 3.06 bits per heavy atom. The van der Waals surface area contributed by atoms with E-state index in [9.17, 15) is 4.79 Å². The third-order valence-corrected chi connectivity index (χ3v) is 3.14. The zero-order valence-corrected chi connectivity index (χ0v) is 9.81. The third-order valence-electron chi connectivity index (χ3n) is 3.14. The van der Waals surface area contributed by atoms with E-state index in [-0.39, 0.29) is 5.56 Å². The molecule has 1 fully saturated rings. The smallest absolute Gasteiger partial charge is 0.338 e. The summed E-state index contributed by atoms with van der Waals surface area (Å²) in [7, 11) is 0. The van der Waals surface area contributed by atoms with Crippen molar-refractivity contribution < 1.29 is 19.1 Å². The van der Waals surface area contributed by atoms with Crippen molar-refractivity contribution in [3.8, 4) is 0 Å². The molecule has 1 aromatic rings. The van der Waals surface area contributed by atoms with E-state index < -0.39 is 5.97 Å². The number of carboxylic acid groups (broad SMARTS) is 1. The van der Waals surface area contributed by atoms with Crippen LogP contribution in [0.3, 0.4) is 0 Å². The summed E-state index contributed by atoms with van der Waals surface area (Å²) in [5.74, 6) is 0.218. The topological polar surface area (TPSA) is 71.7 Å². The molecular weight excluding hydrogens is 222 g/mol. The van der Waals surface area contributed by atoms with Gasteiger partial charge in [0.1, 0.15) is 12.0 Å². The third kappa shape index (κ3) is 3.08. The molecule has 1 aliphatic heterocycles. The summed E-state index contributed by atoms with van der Waals surface area (Å²) in [6, 6.07) is 1.55. The molecule has 5 nitrogen and oxygen atoms in total. The number of aromatic carboxylic acids is 1. The van der Waals surface area contributed by atoms with Gasteiger partial charge < -0.3 is 19.6 Å². The Morgan fingerprint density at radius 1 is 1.65 bits per heavy atom. The van der Waals surface area contributed by atoms with Gasteiger partial charge in [0.2, 0.25) is 0 Å². The summed E-state index contributed by atoms with van der Waals surface area (Å²) >= 11 is 0. The quantitative estimate of drug-likeness (QED) is 0.814. The number of ether oxygens (including phenoxy) is 1. The van der Waals surface area contributed by atoms with Crippen LogP contribution in [0.2, 0.25) is 0 Å². The Bertz CT molecular complexity index is 388. The SMILES string of the molecule is CC1OCCC1CNCc1cc(C(=O)O)co1. The van der Waals surface area contributed by atoms with Crippen LogP contribution >= 0.6 is 0 Å². The van der Waals surface area contributed by atoms with Gasteiger partial charge in [0.15, 0.2) is 0 Å². The molecule has 17 heavy (non-hydrogen) atoms. The summed E-state index contributed by atoms with van der Waals surface area (Å²) in [4.78, 5) is 10.6. The molecule has 5 heteroatoms. The maximum absolute atomic E-state index is 10.6. The minimum Gasteiger partial charge on any atom is -0.478 e. The molecule has 0 amide bonds. The molecule has 2 rings (SSSR count). The van der Waals surface area contributed by atoms with Crippen molar-refractivity contribution in [2.75, 3.05) is 13.2 Å². The maximum atomic E-state index is 10.6. The molecule has 1 saturated heterocycles. The second-order valence-electron chi connectivity index (χ2n) is 4.36. The maximum Gasteiger partial charge on any atom is 0.338 e. The van der Waals surface area contributed by atoms with Crippen LogP contribution in [0.5, 0.6) is 0 Å². The van der Waals surface area contributed by atoms with Gasteiger partial charge >= 0.3 is 5.97 Å². The molecule has 1 aromatic heterocycles. The average molecular weight is 239 g/mol. The van der Waals surface area contributed by atoms with Gasteiger partial charge in [0.25, 0.3) is 0 Å². The van der Waals surface area contributed by atoms with Crippen LogP contribution in [0.15, 0.2) is 16.7 Å². The number of nitrogens with one attached hydrogen (secondary N) is 1. The second-order valence-corrected chi connectivity index (χ2v) is 4.36. The lowest BCUT2D eigenvalue weighted by atomic mass is 10.0. The number of carbonyl (C=O) groups is 1. The monoisotopic (exact) mass is 239 g/mol. The first-order valence-corrected chi connectivity index (χ1v) is 5.80. The molecule has 2 N–H and O–H groups in total. The van der Waals surface area contributed by atoms with Gasteiger partial charge in [0.05, 0.1) is 18.2 Å². The Labute approximate surface area is 99.8 Å². The van der Waals surface area contributed by atoms with Gasteiger partial charge in [0, 0.05) is 13.2 Å². The van der Waals surface area contributed by atoms with Crippen molar-refractivity contribution >= 4 is 5.97 Å². The van der Waals surface area contributed by atoms with Crippen LogP contribution in [0.1, 0.15) is 29.5 Å². The Morgan fingerprint density at radius 2 is 2.47 bits per heavy atom. The van der Waals surface area contributed by atoms with E-state index >= 15 is 0 Å². The molecule has 0 radical (unpaired) electrons. The lowest BCUT2D eigenvalue weighted by Gasteiger charge is -2.13. The van der Waals surface area contributed by atoms with E-state index in [1.807, 2.05) is 0 Å². The summed E-state index contributed by atoms with van der Waals surface area (Å²) in [5, 5.41) is 12.0. The second kappa shape index (κ2) is 5.33. The van der Waals surface area contributed by atoms with Crippen molar-refractivity contribution in [2.45, 2.75) is 26.0 Å². The number of rotatable bonds is 5. The predicted octanol–water partition coefficient (Wildman–Crippen LogP) is 1.49. The molecule has 0 aliphatic carbocycles. The van der Waals surface area contributed by atoms with Crippen LogP contribution < -0.4 is 5.32 Å². The van der Waals surface area contributed by atoms with Gasteiger partial charge in [-0.05, 0) is 25.3 Å². The van der Waals surface area contributed by atoms with Crippen LogP contribution in [0.4, 0.5) is 0 Å². The zero-order valence-electron chi connectivity index (χ0n) is 9.81. The molecule has 0 spiro atoms. The predicted molar refractivity (Wildman–Crippen MR) is 60.9 cm³/mol. The van der Waals surface area contributed by atoms with Gasteiger partial charge in [-0.1, -0.05) is 0 Å². The van der Waals surface area contributed by atoms with Crippen molar-refractivity contribution in [3.05, 3.63) is 23.7 Å². The highest BCUT2D eigenvalue weighted by Gasteiger charge is 2.23. The molecule has 0 bridgehead atoms. The highest BCUT2D eigenvalue weighted by molar-refractivity contribution is 5.87. The van der Waals surface area contributed by atoms with Crippen molar-refractivity contribution in [3.63, 3.8) is 0 Å². The van der Waals surface area contributed by atoms with Crippen LogP contribution in [0, 0.1) is 5.92 Å². The van der Waals surface area contributed by atoms with E-state index in [0.29, 0.717) is 24.3 Å². The fraction of sp³-hybridized carbons (Fsp3) is 0.583. The number of furan rings is 1. The molecule has 0 aromatic carbocycles. The van der Waals surface area contributed by atoms with E-state index in [1.165, 1.54) is 6.26 Å². The highest BCUT2D eigenvalue weighted by Crippen LogP contribution is 2.19. The normalized spacial score (nSPS) is 24.1. The number of hydrogen-bond acceptors (Lipinski definition) is 4. The lowest BCUT2D eigenvalue weighted by Crippen LogP contribution is -2.26. The van der Waals surface area contributed by atoms with Crippen molar-refractivity contribution in [1.29, 1.82) is 0 Å². The summed E-state index contributed by atoms with van der Waals surface area (Å²) < 4.78 is 10.6. The standard InChI is InChI=1S/C12H17NO4/c1-8-9(2-3-16-8)5-13-6-11-4-10(7-17-11)12(14)15/h4,7-9,13H,2-3,5-6H2,1H3,(H,14,15). The molecule has 94 valence electrons. The van der Waals surface area contributed by atoms with Gasteiger partial charge in [-0.2, -0.15) is 0 Å². The molecule has 1 aliphatic rings. The first kappa shape index (κ1) is 12.1. The first-order valence-electron chi connectivity index (χ1n) is 5.80. The van der Waals surface area contributed by atoms with Gasteiger partial charge in [-0.3, -0.25) is 0 Å². The van der Waals surface area contributed by atoms with Gasteiger partial charge in [-0.15, -0.1) is 0 Å². The van der Waals surface area contributed by atoms with Crippen molar-refractivity contribution in [1.82, 2.24) is 5.32 Å². The molecule has 2 unspecified atom stereocenters. The molecule has 0 saturated carbocycles. The Hall–Kier alpha value is -1.33. The Kier molecular flexibility index (Phi) is 3.81. The summed E-state index contributed by atoms with van der Waals surface area (Å²) in [5.41, 5.74) is 0.194. The lowest BCUT2D eigenvalue weighted by molar-refractivity contribution is 0.0696. The largest absolute Gasteiger partial charge is 0.478 e. The van der Waals surface area contributed by atoms with E-state index in [2.05, 4.69) is 12.2 Å². The average Bonchev–Trinajstić information content (AvgIpc) is 2.89. The van der Waals surface area contributed by atoms with Crippen LogP contribution in [0.25, 0.3) is 0 Å². The van der Waals surface area contributed by atoms with E-state index in [0.717, 1.165) is 19.6 Å². The van der Waals surface area contributed by atoms with Crippen LogP contribution in [-0.4, -0.2) is 30.3 Å². The highest BCUT2D eigenvalue weighted by atomic mass is 16.5. The summed E-state index contributed by atoms with van der Waals surface area (Å²) in [6.45, 7) is 4.33. The van der Waals surface area contributed by atoms with Crippen LogP contribution in [-0.2, 0) is 11.3 Å². The molecule has 2 atom stereocenters. The minimum absolute atomic E-state index is 0.194. The summed E-state index contributed by atoms with van der Waals surface area (Å²) in [6.07, 6.45) is 2.64. The fourth-order valence-corrected chi connectivity index (χ4v) is 2.01. The fourth-order valence-electron chi connectivity index (χ4n) is 2.01. The van der Waals surface area contributed by atoms with E-state index in [4.69, 9.17) is 14.3 Å². The molecule has 2 heterocycles. The van der Waals surface area contributed by atoms with E-state index in [1.54, 1.807) is 6.07 Å². The first-order chi connectivity index (χ1) is 8.16. The Balaban J connectivity index is 1.76. The van der Waals surface area contributed by atoms with Crippen molar-refractivity contribution in [2.24, 2.45) is 5.92 Å². The number of carboxylic acids is 1.